The number of fused-ring (bicyclic) bond motifs is 5. The molecule has 4 aromatic rings. The van der Waals surface area contributed by atoms with Gasteiger partial charge in [0.15, 0.2) is 0 Å². The molecule has 2 aromatic heterocycles. The Balaban J connectivity index is 1.55. The van der Waals surface area contributed by atoms with Gasteiger partial charge in [0.2, 0.25) is 0 Å². The van der Waals surface area contributed by atoms with Crippen molar-refractivity contribution in [1.29, 1.82) is 0 Å². The van der Waals surface area contributed by atoms with E-state index in [1.807, 2.05) is 6.20 Å². The highest BCUT2D eigenvalue weighted by Crippen LogP contribution is 2.34. The number of rotatable bonds is 5. The van der Waals surface area contributed by atoms with Gasteiger partial charge < -0.3 is 19.1 Å². The van der Waals surface area contributed by atoms with Gasteiger partial charge in [-0.1, -0.05) is 24.3 Å². The summed E-state index contributed by atoms with van der Waals surface area (Å²) in [5.74, 6) is 0.879. The van der Waals surface area contributed by atoms with Gasteiger partial charge in [-0.15, -0.1) is 0 Å². The maximum Gasteiger partial charge on any atom is 0.119 e. The van der Waals surface area contributed by atoms with Crippen LogP contribution in [0.25, 0.3) is 32.7 Å². The zero-order valence-corrected chi connectivity index (χ0v) is 17.3. The van der Waals surface area contributed by atoms with Crippen LogP contribution in [0.2, 0.25) is 0 Å². The van der Waals surface area contributed by atoms with Crippen LogP contribution in [0.4, 0.5) is 0 Å². The van der Waals surface area contributed by atoms with Gasteiger partial charge in [-0.05, 0) is 38.2 Å². The van der Waals surface area contributed by atoms with E-state index in [0.29, 0.717) is 0 Å². The first kappa shape index (κ1) is 18.4. The SMILES string of the molecule is COc1ccc2c(c1)c1ncc3ccccc3c1n2CCCN1CCN(C)CC1. The third kappa shape index (κ3) is 3.34. The second kappa shape index (κ2) is 7.65. The van der Waals surface area contributed by atoms with Crippen LogP contribution in [0, 0.1) is 0 Å². The molecule has 5 heteroatoms. The topological polar surface area (TPSA) is 33.5 Å². The van der Waals surface area contributed by atoms with Crippen LogP contribution in [0.5, 0.6) is 5.75 Å². The first-order chi connectivity index (χ1) is 14.2. The summed E-state index contributed by atoms with van der Waals surface area (Å²) < 4.78 is 7.96. The van der Waals surface area contributed by atoms with Gasteiger partial charge in [0.05, 0.1) is 23.7 Å². The third-order valence-corrected chi connectivity index (χ3v) is 6.24. The first-order valence-electron chi connectivity index (χ1n) is 10.5. The van der Waals surface area contributed by atoms with E-state index in [2.05, 4.69) is 63.9 Å². The van der Waals surface area contributed by atoms with Crippen LogP contribution in [0.15, 0.2) is 48.7 Å². The molecule has 0 amide bonds. The lowest BCUT2D eigenvalue weighted by atomic mass is 10.1. The predicted molar refractivity (Wildman–Crippen MR) is 120 cm³/mol. The molecule has 0 saturated carbocycles. The van der Waals surface area contributed by atoms with E-state index in [9.17, 15) is 0 Å². The number of hydrogen-bond donors (Lipinski definition) is 0. The van der Waals surface area contributed by atoms with Crippen LogP contribution < -0.4 is 4.74 Å². The number of benzene rings is 2. The number of pyridine rings is 1. The van der Waals surface area contributed by atoms with Crippen molar-refractivity contribution in [3.8, 4) is 5.75 Å². The number of piperazine rings is 1. The molecule has 0 bridgehead atoms. The summed E-state index contributed by atoms with van der Waals surface area (Å²) in [7, 11) is 3.93. The number of aromatic nitrogens is 2. The fourth-order valence-corrected chi connectivity index (χ4v) is 4.56. The Kier molecular flexibility index (Phi) is 4.86. The van der Waals surface area contributed by atoms with Crippen LogP contribution in [-0.2, 0) is 6.54 Å². The highest BCUT2D eigenvalue weighted by atomic mass is 16.5. The maximum atomic E-state index is 5.49. The van der Waals surface area contributed by atoms with Crippen LogP contribution in [0.3, 0.4) is 0 Å². The molecule has 1 saturated heterocycles. The van der Waals surface area contributed by atoms with Gasteiger partial charge in [-0.2, -0.15) is 0 Å². The van der Waals surface area contributed by atoms with Gasteiger partial charge in [0, 0.05) is 55.1 Å². The molecule has 0 unspecified atom stereocenters. The molecule has 1 aliphatic rings. The number of nitrogens with zero attached hydrogens (tertiary/aromatic N) is 4. The summed E-state index contributed by atoms with van der Waals surface area (Å²) in [4.78, 5) is 9.85. The molecule has 0 spiro atoms. The van der Waals surface area contributed by atoms with Crippen molar-refractivity contribution in [2.45, 2.75) is 13.0 Å². The Morgan fingerprint density at radius 1 is 0.966 bits per heavy atom. The number of aryl methyl sites for hydroxylation is 1. The van der Waals surface area contributed by atoms with Crippen molar-refractivity contribution in [3.05, 3.63) is 48.7 Å². The molecule has 1 aliphatic heterocycles. The Morgan fingerprint density at radius 3 is 2.62 bits per heavy atom. The molecule has 0 atom stereocenters. The quantitative estimate of drug-likeness (QED) is 0.518. The molecule has 5 rings (SSSR count). The van der Waals surface area contributed by atoms with E-state index < -0.39 is 0 Å². The lowest BCUT2D eigenvalue weighted by Crippen LogP contribution is -2.44. The summed E-state index contributed by atoms with van der Waals surface area (Å²) >= 11 is 0. The summed E-state index contributed by atoms with van der Waals surface area (Å²) in [6.07, 6.45) is 3.13. The number of ether oxygens (including phenoxy) is 1. The minimum absolute atomic E-state index is 0.879. The van der Waals surface area contributed by atoms with Gasteiger partial charge in [-0.25, -0.2) is 0 Å². The number of likely N-dealkylation sites (N-methyl/N-ethyl adjacent to an activating group) is 1. The summed E-state index contributed by atoms with van der Waals surface area (Å²) in [5.41, 5.74) is 3.55. The fraction of sp³-hybridized carbons (Fsp3) is 0.375. The molecule has 5 nitrogen and oxygen atoms in total. The zero-order valence-electron chi connectivity index (χ0n) is 17.3. The standard InChI is InChI=1S/C24H28N4O/c1-26-12-14-27(15-13-26)10-5-11-28-22-9-8-19(29-2)16-21(22)23-24(28)20-7-4-3-6-18(20)17-25-23/h3-4,6-9,16-17H,5,10-15H2,1-2H3. The average molecular weight is 389 g/mol. The fourth-order valence-electron chi connectivity index (χ4n) is 4.56. The molecule has 0 aliphatic carbocycles. The van der Waals surface area contributed by atoms with Gasteiger partial charge >= 0.3 is 0 Å². The molecule has 150 valence electrons. The van der Waals surface area contributed by atoms with Crippen molar-refractivity contribution in [2.75, 3.05) is 46.9 Å². The monoisotopic (exact) mass is 388 g/mol. The van der Waals surface area contributed by atoms with E-state index in [0.717, 1.165) is 30.8 Å². The predicted octanol–water partition coefficient (Wildman–Crippen LogP) is 3.99. The van der Waals surface area contributed by atoms with E-state index in [1.54, 1.807) is 7.11 Å². The lowest BCUT2D eigenvalue weighted by Gasteiger charge is -2.32. The van der Waals surface area contributed by atoms with E-state index in [4.69, 9.17) is 9.72 Å². The highest BCUT2D eigenvalue weighted by molar-refractivity contribution is 6.15. The second-order valence-electron chi connectivity index (χ2n) is 8.08. The zero-order chi connectivity index (χ0) is 19.8. The van der Waals surface area contributed by atoms with E-state index in [1.165, 1.54) is 53.4 Å². The summed E-state index contributed by atoms with van der Waals surface area (Å²) in [6.45, 7) is 6.82. The molecular weight excluding hydrogens is 360 g/mol. The molecule has 0 radical (unpaired) electrons. The number of hydrogen-bond acceptors (Lipinski definition) is 4. The summed E-state index contributed by atoms with van der Waals surface area (Å²) in [6, 6.07) is 14.9. The van der Waals surface area contributed by atoms with Crippen molar-refractivity contribution in [3.63, 3.8) is 0 Å². The van der Waals surface area contributed by atoms with Crippen LogP contribution in [0.1, 0.15) is 6.42 Å². The maximum absolute atomic E-state index is 5.49. The normalized spacial score (nSPS) is 16.2. The van der Waals surface area contributed by atoms with Crippen molar-refractivity contribution < 1.29 is 4.74 Å². The molecule has 29 heavy (non-hydrogen) atoms. The number of methoxy groups -OCH3 is 1. The van der Waals surface area contributed by atoms with Crippen molar-refractivity contribution in [1.82, 2.24) is 19.4 Å². The smallest absolute Gasteiger partial charge is 0.119 e. The highest BCUT2D eigenvalue weighted by Gasteiger charge is 2.17. The Hall–Kier alpha value is -2.63. The van der Waals surface area contributed by atoms with E-state index in [-0.39, 0.29) is 0 Å². The second-order valence-corrected chi connectivity index (χ2v) is 8.08. The minimum Gasteiger partial charge on any atom is -0.497 e. The molecule has 3 heterocycles. The van der Waals surface area contributed by atoms with Crippen LogP contribution in [-0.4, -0.2) is 66.2 Å². The van der Waals surface area contributed by atoms with Crippen molar-refractivity contribution >= 4 is 32.7 Å². The molecule has 1 fully saturated rings. The molecule has 2 aromatic carbocycles. The van der Waals surface area contributed by atoms with Crippen LogP contribution >= 0.6 is 0 Å². The molecule has 0 N–H and O–H groups in total. The average Bonchev–Trinajstić information content (AvgIpc) is 3.08. The van der Waals surface area contributed by atoms with Crippen molar-refractivity contribution in [2.24, 2.45) is 0 Å². The molecular formula is C24H28N4O. The van der Waals surface area contributed by atoms with Gasteiger partial charge in [-0.3, -0.25) is 4.98 Å². The Labute approximate surface area is 171 Å². The largest absolute Gasteiger partial charge is 0.497 e. The van der Waals surface area contributed by atoms with Gasteiger partial charge in [0.25, 0.3) is 0 Å². The van der Waals surface area contributed by atoms with E-state index >= 15 is 0 Å². The lowest BCUT2D eigenvalue weighted by molar-refractivity contribution is 0.151. The summed E-state index contributed by atoms with van der Waals surface area (Å²) in [5, 5.41) is 3.63. The van der Waals surface area contributed by atoms with Gasteiger partial charge in [0.1, 0.15) is 5.75 Å². The Bertz CT molecular complexity index is 1160. The minimum atomic E-state index is 0.879. The third-order valence-electron chi connectivity index (χ3n) is 6.24. The first-order valence-corrected chi connectivity index (χ1v) is 10.5. The Morgan fingerprint density at radius 2 is 1.79 bits per heavy atom.